The second-order valence-corrected chi connectivity index (χ2v) is 4.88. The molecule has 0 spiro atoms. The van der Waals surface area contributed by atoms with Crippen LogP contribution in [0, 0.1) is 16.7 Å². The molecule has 0 aromatic heterocycles. The van der Waals surface area contributed by atoms with Gasteiger partial charge in [0.15, 0.2) is 0 Å². The number of allylic oxidation sites excluding steroid dienone is 2. The highest BCUT2D eigenvalue weighted by molar-refractivity contribution is 5.78. The van der Waals surface area contributed by atoms with E-state index in [1.54, 1.807) is 0 Å². The third kappa shape index (κ3) is 0.634. The van der Waals surface area contributed by atoms with Gasteiger partial charge in [-0.25, -0.2) is 0 Å². The van der Waals surface area contributed by atoms with Gasteiger partial charge in [-0.15, -0.1) is 0 Å². The van der Waals surface area contributed by atoms with E-state index in [4.69, 9.17) is 0 Å². The minimum absolute atomic E-state index is 0.111. The van der Waals surface area contributed by atoms with Crippen LogP contribution in [0.3, 0.4) is 0 Å². The molecule has 0 heterocycles. The maximum absolute atomic E-state index is 10.7. The Morgan fingerprint density at radius 1 is 1.50 bits per heavy atom. The van der Waals surface area contributed by atoms with E-state index in [-0.39, 0.29) is 10.8 Å². The molecule has 0 N–H and O–H groups in total. The standard InChI is InChI=1S/C11H15O/c1-10(2)8-4-5-11(10,3)9(6-8)7-12/h6,8H,4-5H2,1-3H3. The normalized spacial score (nSPS) is 42.9. The predicted molar refractivity (Wildman–Crippen MR) is 48.4 cm³/mol. The lowest BCUT2D eigenvalue weighted by Crippen LogP contribution is -2.30. The summed E-state index contributed by atoms with van der Waals surface area (Å²) in [7, 11) is 0. The summed E-state index contributed by atoms with van der Waals surface area (Å²) in [6.45, 7) is 6.74. The van der Waals surface area contributed by atoms with Gasteiger partial charge >= 0.3 is 0 Å². The Balaban J connectivity index is 2.49. The molecule has 0 aromatic rings. The number of carbonyl (C=O) groups excluding carboxylic acids is 1. The van der Waals surface area contributed by atoms with Gasteiger partial charge in [0.2, 0.25) is 6.29 Å². The molecular weight excluding hydrogens is 148 g/mol. The van der Waals surface area contributed by atoms with Crippen LogP contribution in [0.5, 0.6) is 0 Å². The van der Waals surface area contributed by atoms with Crippen LogP contribution < -0.4 is 0 Å². The van der Waals surface area contributed by atoms with Crippen LogP contribution in [0.2, 0.25) is 0 Å². The predicted octanol–water partition coefficient (Wildman–Crippen LogP) is 2.48. The van der Waals surface area contributed by atoms with E-state index >= 15 is 0 Å². The Morgan fingerprint density at radius 2 is 2.17 bits per heavy atom. The van der Waals surface area contributed by atoms with E-state index in [0.717, 1.165) is 12.0 Å². The maximum Gasteiger partial charge on any atom is 0.229 e. The van der Waals surface area contributed by atoms with Crippen LogP contribution in [0.1, 0.15) is 33.6 Å². The van der Waals surface area contributed by atoms with Crippen molar-refractivity contribution in [3.8, 4) is 0 Å². The average molecular weight is 163 g/mol. The molecule has 2 bridgehead atoms. The zero-order chi connectivity index (χ0) is 8.98. The highest BCUT2D eigenvalue weighted by Crippen LogP contribution is 2.64. The zero-order valence-electron chi connectivity index (χ0n) is 7.98. The van der Waals surface area contributed by atoms with Crippen LogP contribution in [0.4, 0.5) is 0 Å². The number of hydrogen-bond acceptors (Lipinski definition) is 1. The van der Waals surface area contributed by atoms with Crippen molar-refractivity contribution < 1.29 is 4.79 Å². The molecule has 0 aliphatic heterocycles. The fourth-order valence-electron chi connectivity index (χ4n) is 2.84. The summed E-state index contributed by atoms with van der Waals surface area (Å²) in [6.07, 6.45) is 6.64. The second kappa shape index (κ2) is 2.01. The van der Waals surface area contributed by atoms with Crippen molar-refractivity contribution in [2.45, 2.75) is 33.6 Å². The first kappa shape index (κ1) is 8.03. The van der Waals surface area contributed by atoms with Crippen LogP contribution >= 0.6 is 0 Å². The Morgan fingerprint density at radius 3 is 2.42 bits per heavy atom. The van der Waals surface area contributed by atoms with E-state index in [0.29, 0.717) is 5.92 Å². The van der Waals surface area contributed by atoms with Crippen molar-refractivity contribution in [3.63, 3.8) is 0 Å². The molecule has 1 radical (unpaired) electrons. The fraction of sp³-hybridized carbons (Fsp3) is 0.727. The highest BCUT2D eigenvalue weighted by atomic mass is 16.1. The minimum atomic E-state index is 0.111. The lowest BCUT2D eigenvalue weighted by Gasteiger charge is -2.35. The van der Waals surface area contributed by atoms with Gasteiger partial charge in [-0.05, 0) is 24.2 Å². The molecule has 12 heavy (non-hydrogen) atoms. The van der Waals surface area contributed by atoms with Gasteiger partial charge in [0.25, 0.3) is 0 Å². The van der Waals surface area contributed by atoms with Crippen molar-refractivity contribution in [2.24, 2.45) is 16.7 Å². The highest BCUT2D eigenvalue weighted by Gasteiger charge is 2.57. The van der Waals surface area contributed by atoms with Gasteiger partial charge in [0.05, 0.1) is 0 Å². The first-order valence-corrected chi connectivity index (χ1v) is 4.63. The van der Waals surface area contributed by atoms with Crippen LogP contribution in [-0.4, -0.2) is 6.29 Å². The quantitative estimate of drug-likeness (QED) is 0.580. The van der Waals surface area contributed by atoms with Crippen LogP contribution in [0.15, 0.2) is 11.6 Å². The first-order valence-electron chi connectivity index (χ1n) is 4.63. The van der Waals surface area contributed by atoms with Gasteiger partial charge < -0.3 is 0 Å². The summed E-state index contributed by atoms with van der Waals surface area (Å²) in [6, 6.07) is 0. The largest absolute Gasteiger partial charge is 0.285 e. The monoisotopic (exact) mass is 163 g/mol. The van der Waals surface area contributed by atoms with E-state index < -0.39 is 0 Å². The van der Waals surface area contributed by atoms with Gasteiger partial charge in [0, 0.05) is 11.0 Å². The van der Waals surface area contributed by atoms with Crippen molar-refractivity contribution >= 4 is 6.29 Å². The van der Waals surface area contributed by atoms with Crippen molar-refractivity contribution in [2.75, 3.05) is 0 Å². The van der Waals surface area contributed by atoms with Crippen molar-refractivity contribution in [1.29, 1.82) is 0 Å². The van der Waals surface area contributed by atoms with Crippen LogP contribution in [-0.2, 0) is 4.79 Å². The summed E-state index contributed by atoms with van der Waals surface area (Å²) in [4.78, 5) is 10.7. The topological polar surface area (TPSA) is 17.1 Å². The molecule has 2 unspecified atom stereocenters. The summed E-state index contributed by atoms with van der Waals surface area (Å²) in [5.74, 6) is 0.610. The Hall–Kier alpha value is -0.590. The second-order valence-electron chi connectivity index (χ2n) is 4.88. The molecular formula is C11H15O. The number of rotatable bonds is 1. The molecule has 2 rings (SSSR count). The summed E-state index contributed by atoms with van der Waals surface area (Å²) in [5, 5.41) is 0. The number of fused-ring (bicyclic) bond motifs is 2. The van der Waals surface area contributed by atoms with E-state index in [1.807, 2.05) is 0 Å². The third-order valence-electron chi connectivity index (χ3n) is 4.38. The lowest BCUT2D eigenvalue weighted by atomic mass is 9.68. The molecule has 1 nitrogen and oxygen atoms in total. The molecule has 1 fully saturated rings. The van der Waals surface area contributed by atoms with Gasteiger partial charge in [0.1, 0.15) is 0 Å². The van der Waals surface area contributed by atoms with Crippen molar-refractivity contribution in [3.05, 3.63) is 11.6 Å². The minimum Gasteiger partial charge on any atom is -0.285 e. The van der Waals surface area contributed by atoms with E-state index in [2.05, 4.69) is 33.1 Å². The Bertz CT molecular complexity index is 262. The van der Waals surface area contributed by atoms with Crippen molar-refractivity contribution in [1.82, 2.24) is 0 Å². The molecule has 0 amide bonds. The van der Waals surface area contributed by atoms with Crippen LogP contribution in [0.25, 0.3) is 0 Å². The summed E-state index contributed by atoms with van der Waals surface area (Å²) < 4.78 is 0. The van der Waals surface area contributed by atoms with Gasteiger partial charge in [-0.2, -0.15) is 0 Å². The number of hydrogen-bond donors (Lipinski definition) is 0. The lowest BCUT2D eigenvalue weighted by molar-refractivity contribution is 0.176. The summed E-state index contributed by atoms with van der Waals surface area (Å²) >= 11 is 0. The molecule has 0 aromatic carbocycles. The van der Waals surface area contributed by atoms with Gasteiger partial charge in [-0.3, -0.25) is 4.79 Å². The smallest absolute Gasteiger partial charge is 0.229 e. The molecule has 1 saturated carbocycles. The van der Waals surface area contributed by atoms with E-state index in [9.17, 15) is 4.79 Å². The summed E-state index contributed by atoms with van der Waals surface area (Å²) in [5.41, 5.74) is 1.31. The van der Waals surface area contributed by atoms with Gasteiger partial charge in [-0.1, -0.05) is 26.8 Å². The maximum atomic E-state index is 10.7. The Kier molecular flexibility index (Phi) is 1.35. The average Bonchev–Trinajstić information content (AvgIpc) is 2.34. The molecule has 1 heteroatoms. The molecule has 2 aliphatic rings. The van der Waals surface area contributed by atoms with E-state index in [1.165, 1.54) is 6.42 Å². The molecule has 65 valence electrons. The fourth-order valence-corrected chi connectivity index (χ4v) is 2.84. The first-order chi connectivity index (χ1) is 5.52. The molecule has 2 atom stereocenters. The SMILES string of the molecule is CC12CCC(C=C1[C]=O)C2(C)C. The third-order valence-corrected chi connectivity index (χ3v) is 4.38. The molecule has 2 aliphatic carbocycles. The Labute approximate surface area is 73.8 Å². The molecule has 0 saturated heterocycles. The zero-order valence-corrected chi connectivity index (χ0v) is 7.98.